The van der Waals surface area contributed by atoms with Gasteiger partial charge in [0, 0.05) is 5.69 Å². The van der Waals surface area contributed by atoms with Crippen LogP contribution in [-0.4, -0.2) is 25.6 Å². The minimum absolute atomic E-state index is 0.0410. The van der Waals surface area contributed by atoms with Crippen LogP contribution in [0.5, 0.6) is 5.75 Å². The van der Waals surface area contributed by atoms with E-state index in [-0.39, 0.29) is 6.54 Å². The SMILES string of the molecule is COc1ccccc1NCC(=O)NC(=O)Nc1ccc(C)cc1C. The summed E-state index contributed by atoms with van der Waals surface area (Å²) in [6, 6.07) is 12.3. The van der Waals surface area contributed by atoms with Crippen molar-refractivity contribution < 1.29 is 14.3 Å². The molecular formula is C18H21N3O3. The molecule has 126 valence electrons. The standard InChI is InChI=1S/C18H21N3O3/c1-12-8-9-14(13(2)10-12)20-18(23)21-17(22)11-19-15-6-4-5-7-16(15)24-3/h4-10,19H,11H2,1-3H3,(H2,20,21,22,23). The lowest BCUT2D eigenvalue weighted by Crippen LogP contribution is -2.38. The van der Waals surface area contributed by atoms with Gasteiger partial charge in [-0.15, -0.1) is 0 Å². The number of carbonyl (C=O) groups excluding carboxylic acids is 2. The molecule has 2 aromatic rings. The number of imide groups is 1. The molecule has 0 unspecified atom stereocenters. The van der Waals surface area contributed by atoms with E-state index in [1.807, 2.05) is 44.2 Å². The van der Waals surface area contributed by atoms with Gasteiger partial charge >= 0.3 is 6.03 Å². The Morgan fingerprint density at radius 3 is 2.50 bits per heavy atom. The molecule has 3 amide bonds. The number of anilines is 2. The van der Waals surface area contributed by atoms with Crippen molar-refractivity contribution in [1.29, 1.82) is 0 Å². The first-order valence-electron chi connectivity index (χ1n) is 7.54. The molecule has 0 fully saturated rings. The molecule has 0 heterocycles. The average molecular weight is 327 g/mol. The topological polar surface area (TPSA) is 79.5 Å². The van der Waals surface area contributed by atoms with Crippen LogP contribution in [0, 0.1) is 13.8 Å². The van der Waals surface area contributed by atoms with Crippen molar-refractivity contribution in [3.63, 3.8) is 0 Å². The van der Waals surface area contributed by atoms with Crippen LogP contribution in [0.1, 0.15) is 11.1 Å². The van der Waals surface area contributed by atoms with Gasteiger partial charge in [-0.1, -0.05) is 29.8 Å². The number of rotatable bonds is 5. The van der Waals surface area contributed by atoms with Gasteiger partial charge in [0.25, 0.3) is 0 Å². The predicted octanol–water partition coefficient (Wildman–Crippen LogP) is 3.07. The number of urea groups is 1. The third-order valence-electron chi connectivity index (χ3n) is 3.43. The van der Waals surface area contributed by atoms with E-state index in [1.54, 1.807) is 19.2 Å². The highest BCUT2D eigenvalue weighted by Crippen LogP contribution is 2.22. The molecule has 2 aromatic carbocycles. The number of aryl methyl sites for hydroxylation is 2. The molecule has 24 heavy (non-hydrogen) atoms. The number of carbonyl (C=O) groups is 2. The van der Waals surface area contributed by atoms with Crippen LogP contribution in [0.15, 0.2) is 42.5 Å². The number of amides is 3. The Morgan fingerprint density at radius 2 is 1.79 bits per heavy atom. The van der Waals surface area contributed by atoms with Gasteiger partial charge in [-0.05, 0) is 37.6 Å². The van der Waals surface area contributed by atoms with Crippen molar-refractivity contribution >= 4 is 23.3 Å². The third kappa shape index (κ3) is 4.74. The minimum Gasteiger partial charge on any atom is -0.495 e. The van der Waals surface area contributed by atoms with E-state index in [0.29, 0.717) is 17.1 Å². The summed E-state index contributed by atoms with van der Waals surface area (Å²) in [5.41, 5.74) is 3.40. The summed E-state index contributed by atoms with van der Waals surface area (Å²) in [4.78, 5) is 23.8. The van der Waals surface area contributed by atoms with Gasteiger partial charge < -0.3 is 15.4 Å². The number of ether oxygens (including phenoxy) is 1. The maximum Gasteiger partial charge on any atom is 0.325 e. The summed E-state index contributed by atoms with van der Waals surface area (Å²) >= 11 is 0. The van der Waals surface area contributed by atoms with Crippen LogP contribution in [0.25, 0.3) is 0 Å². The molecule has 2 rings (SSSR count). The lowest BCUT2D eigenvalue weighted by molar-refractivity contribution is -0.118. The first-order valence-corrected chi connectivity index (χ1v) is 7.54. The zero-order chi connectivity index (χ0) is 17.5. The number of methoxy groups -OCH3 is 1. The average Bonchev–Trinajstić information content (AvgIpc) is 2.55. The number of hydrogen-bond donors (Lipinski definition) is 3. The van der Waals surface area contributed by atoms with Gasteiger partial charge in [0.05, 0.1) is 19.3 Å². The fourth-order valence-corrected chi connectivity index (χ4v) is 2.24. The Labute approximate surface area is 141 Å². The molecule has 0 radical (unpaired) electrons. The fourth-order valence-electron chi connectivity index (χ4n) is 2.24. The smallest absolute Gasteiger partial charge is 0.325 e. The van der Waals surface area contributed by atoms with Crippen molar-refractivity contribution in [2.24, 2.45) is 0 Å². The number of nitrogens with one attached hydrogen (secondary N) is 3. The lowest BCUT2D eigenvalue weighted by Gasteiger charge is -2.12. The molecule has 0 saturated carbocycles. The van der Waals surface area contributed by atoms with Crippen molar-refractivity contribution in [2.75, 3.05) is 24.3 Å². The molecule has 0 bridgehead atoms. The Balaban J connectivity index is 1.86. The Hall–Kier alpha value is -3.02. The van der Waals surface area contributed by atoms with Crippen LogP contribution in [0.3, 0.4) is 0 Å². The van der Waals surface area contributed by atoms with Gasteiger partial charge in [-0.3, -0.25) is 10.1 Å². The first kappa shape index (κ1) is 17.3. The van der Waals surface area contributed by atoms with Crippen LogP contribution in [-0.2, 0) is 4.79 Å². The lowest BCUT2D eigenvalue weighted by atomic mass is 10.1. The second-order valence-corrected chi connectivity index (χ2v) is 5.37. The van der Waals surface area contributed by atoms with Crippen molar-refractivity contribution in [1.82, 2.24) is 5.32 Å². The third-order valence-corrected chi connectivity index (χ3v) is 3.43. The van der Waals surface area contributed by atoms with Crippen molar-refractivity contribution in [3.8, 4) is 5.75 Å². The quantitative estimate of drug-likeness (QED) is 0.788. The van der Waals surface area contributed by atoms with Crippen LogP contribution >= 0.6 is 0 Å². The number of benzene rings is 2. The molecule has 0 spiro atoms. The summed E-state index contributed by atoms with van der Waals surface area (Å²) in [5, 5.41) is 7.89. The molecule has 0 aliphatic rings. The second kappa shape index (κ2) is 8.01. The summed E-state index contributed by atoms with van der Waals surface area (Å²) in [6.07, 6.45) is 0. The molecule has 6 heteroatoms. The van der Waals surface area contributed by atoms with E-state index in [1.165, 1.54) is 0 Å². The molecule has 3 N–H and O–H groups in total. The van der Waals surface area contributed by atoms with Gasteiger partial charge in [0.1, 0.15) is 5.75 Å². The maximum absolute atomic E-state index is 11.9. The monoisotopic (exact) mass is 327 g/mol. The largest absolute Gasteiger partial charge is 0.495 e. The van der Waals surface area contributed by atoms with Gasteiger partial charge in [0.2, 0.25) is 5.91 Å². The minimum atomic E-state index is -0.561. The van der Waals surface area contributed by atoms with Gasteiger partial charge in [-0.2, -0.15) is 0 Å². The van der Waals surface area contributed by atoms with E-state index >= 15 is 0 Å². The van der Waals surface area contributed by atoms with Crippen LogP contribution in [0.2, 0.25) is 0 Å². The Bertz CT molecular complexity index is 744. The Morgan fingerprint density at radius 1 is 1.04 bits per heavy atom. The molecule has 0 aliphatic heterocycles. The molecular weight excluding hydrogens is 306 g/mol. The van der Waals surface area contributed by atoms with Crippen LogP contribution in [0.4, 0.5) is 16.2 Å². The zero-order valence-corrected chi connectivity index (χ0v) is 14.0. The highest BCUT2D eigenvalue weighted by Gasteiger charge is 2.10. The van der Waals surface area contributed by atoms with Crippen LogP contribution < -0.4 is 20.7 Å². The molecule has 6 nitrogen and oxygen atoms in total. The molecule has 0 atom stereocenters. The summed E-state index contributed by atoms with van der Waals surface area (Å²) in [5.74, 6) is 0.188. The predicted molar refractivity (Wildman–Crippen MR) is 94.6 cm³/mol. The van der Waals surface area contributed by atoms with Gasteiger partial charge in [0.15, 0.2) is 0 Å². The highest BCUT2D eigenvalue weighted by molar-refractivity contribution is 6.02. The fraction of sp³-hybridized carbons (Fsp3) is 0.222. The summed E-state index contributed by atoms with van der Waals surface area (Å²) in [6.45, 7) is 3.83. The summed E-state index contributed by atoms with van der Waals surface area (Å²) in [7, 11) is 1.55. The van der Waals surface area contributed by atoms with Gasteiger partial charge in [-0.25, -0.2) is 4.79 Å². The van der Waals surface area contributed by atoms with Crippen molar-refractivity contribution in [3.05, 3.63) is 53.6 Å². The highest BCUT2D eigenvalue weighted by atomic mass is 16.5. The maximum atomic E-state index is 11.9. The van der Waals surface area contributed by atoms with E-state index in [4.69, 9.17) is 4.74 Å². The Kier molecular flexibility index (Phi) is 5.78. The zero-order valence-electron chi connectivity index (χ0n) is 14.0. The van der Waals surface area contributed by atoms with E-state index in [0.717, 1.165) is 11.1 Å². The van der Waals surface area contributed by atoms with E-state index in [2.05, 4.69) is 16.0 Å². The molecule has 0 aromatic heterocycles. The normalized spacial score (nSPS) is 9.96. The van der Waals surface area contributed by atoms with E-state index < -0.39 is 11.9 Å². The van der Waals surface area contributed by atoms with Crippen molar-refractivity contribution in [2.45, 2.75) is 13.8 Å². The number of para-hydroxylation sites is 2. The second-order valence-electron chi connectivity index (χ2n) is 5.37. The summed E-state index contributed by atoms with van der Waals surface area (Å²) < 4.78 is 5.19. The molecule has 0 saturated heterocycles. The number of hydrogen-bond acceptors (Lipinski definition) is 4. The first-order chi connectivity index (χ1) is 11.5. The van der Waals surface area contributed by atoms with E-state index in [9.17, 15) is 9.59 Å². The molecule has 0 aliphatic carbocycles.